The highest BCUT2D eigenvalue weighted by Gasteiger charge is 2.17. The molecule has 3 aromatic heterocycles. The van der Waals surface area contributed by atoms with Gasteiger partial charge in [0, 0.05) is 64.1 Å². The number of Topliss-reactive ketones (excluding diaryl/α,β-unsaturated/α-hetero) is 1. The summed E-state index contributed by atoms with van der Waals surface area (Å²) in [6, 6.07) is 10.1. The summed E-state index contributed by atoms with van der Waals surface area (Å²) >= 11 is 0. The zero-order valence-corrected chi connectivity index (χ0v) is 22.4. The number of anilines is 2. The molecule has 1 N–H and O–H groups in total. The van der Waals surface area contributed by atoms with E-state index in [0.717, 1.165) is 45.0 Å². The van der Waals surface area contributed by atoms with Crippen molar-refractivity contribution in [3.05, 3.63) is 59.5 Å². The second-order valence-corrected chi connectivity index (χ2v) is 9.80. The quantitative estimate of drug-likeness (QED) is 0.357. The van der Waals surface area contributed by atoms with Gasteiger partial charge in [-0.1, -0.05) is 13.0 Å². The largest absolute Gasteiger partial charge is 0.424 e. The van der Waals surface area contributed by atoms with Gasteiger partial charge in [0.1, 0.15) is 17.0 Å². The second-order valence-electron chi connectivity index (χ2n) is 9.80. The topological polar surface area (TPSA) is 101 Å². The number of carbonyl (C=O) groups is 1. The number of ketones is 1. The first-order chi connectivity index (χ1) is 18.4. The molecule has 1 aliphatic heterocycles. The van der Waals surface area contributed by atoms with Crippen molar-refractivity contribution in [2.45, 2.75) is 33.7 Å². The lowest BCUT2D eigenvalue weighted by Gasteiger charge is -2.34. The van der Waals surface area contributed by atoms with Gasteiger partial charge in [0.05, 0.1) is 11.9 Å². The number of hydrogen-bond acceptors (Lipinski definition) is 9. The van der Waals surface area contributed by atoms with Crippen LogP contribution in [-0.2, 0) is 24.8 Å². The fourth-order valence-corrected chi connectivity index (χ4v) is 4.69. The Bertz CT molecular complexity index is 1440. The molecule has 0 amide bonds. The number of fused-ring (bicyclic) bond motifs is 1. The molecular formula is C28H34N8O2. The van der Waals surface area contributed by atoms with Crippen LogP contribution >= 0.6 is 0 Å². The van der Waals surface area contributed by atoms with Crippen molar-refractivity contribution in [1.82, 2.24) is 34.3 Å². The highest BCUT2D eigenvalue weighted by atomic mass is 16.5. The third-order valence-electron chi connectivity index (χ3n) is 6.92. The molecule has 0 bridgehead atoms. The molecule has 0 saturated carbocycles. The fraction of sp³-hybridized carbons (Fsp3) is 0.393. The summed E-state index contributed by atoms with van der Waals surface area (Å²) in [6.07, 6.45) is 3.51. The van der Waals surface area contributed by atoms with E-state index in [1.54, 1.807) is 24.5 Å². The molecule has 0 unspecified atom stereocenters. The Labute approximate surface area is 222 Å². The van der Waals surface area contributed by atoms with Crippen LogP contribution in [0.2, 0.25) is 0 Å². The Hall–Kier alpha value is -3.89. The van der Waals surface area contributed by atoms with Crippen molar-refractivity contribution in [3.8, 4) is 11.8 Å². The normalized spacial score (nSPS) is 14.6. The van der Waals surface area contributed by atoms with E-state index in [2.05, 4.69) is 67.1 Å². The first-order valence-electron chi connectivity index (χ1n) is 13.0. The molecule has 4 heterocycles. The predicted molar refractivity (Wildman–Crippen MR) is 147 cm³/mol. The number of rotatable bonds is 9. The number of hydrogen-bond donors (Lipinski definition) is 1. The predicted octanol–water partition coefficient (Wildman–Crippen LogP) is 3.87. The molecule has 1 fully saturated rings. The number of pyridine rings is 1. The van der Waals surface area contributed by atoms with Gasteiger partial charge >= 0.3 is 6.01 Å². The van der Waals surface area contributed by atoms with Crippen LogP contribution in [0.1, 0.15) is 30.7 Å². The molecule has 1 saturated heterocycles. The number of ether oxygens (including phenoxy) is 1. The Morgan fingerprint density at radius 3 is 2.58 bits per heavy atom. The van der Waals surface area contributed by atoms with Crippen molar-refractivity contribution in [2.24, 2.45) is 7.05 Å². The van der Waals surface area contributed by atoms with Gasteiger partial charge in [-0.25, -0.2) is 9.97 Å². The lowest BCUT2D eigenvalue weighted by molar-refractivity contribution is -0.116. The molecule has 1 aromatic carbocycles. The summed E-state index contributed by atoms with van der Waals surface area (Å²) in [4.78, 5) is 34.2. The van der Waals surface area contributed by atoms with E-state index in [9.17, 15) is 4.79 Å². The third kappa shape index (κ3) is 5.98. The third-order valence-corrected chi connectivity index (χ3v) is 6.92. The highest BCUT2D eigenvalue weighted by Crippen LogP contribution is 2.25. The number of benzene rings is 1. The van der Waals surface area contributed by atoms with Crippen LogP contribution in [0, 0.1) is 6.92 Å². The van der Waals surface area contributed by atoms with Crippen molar-refractivity contribution >= 4 is 28.6 Å². The van der Waals surface area contributed by atoms with Crippen molar-refractivity contribution in [1.29, 1.82) is 0 Å². The molecule has 0 radical (unpaired) electrons. The van der Waals surface area contributed by atoms with Crippen LogP contribution in [0.5, 0.6) is 11.8 Å². The number of carbonyl (C=O) groups excluding carboxylic acids is 1. The second kappa shape index (κ2) is 11.2. The number of imidazole rings is 1. The lowest BCUT2D eigenvalue weighted by Crippen LogP contribution is -2.45. The number of nitrogens with zero attached hydrogens (tertiary/aromatic N) is 7. The van der Waals surface area contributed by atoms with Gasteiger partial charge in [-0.15, -0.1) is 0 Å². The Kier molecular flexibility index (Phi) is 7.62. The van der Waals surface area contributed by atoms with Crippen LogP contribution in [0.25, 0.3) is 11.2 Å². The summed E-state index contributed by atoms with van der Waals surface area (Å²) in [5.74, 6) is 1.23. The minimum atomic E-state index is 0.0394. The summed E-state index contributed by atoms with van der Waals surface area (Å²) < 4.78 is 7.74. The SMILES string of the molecule is CCN1CCN(Cc2ccc(Nc3nc4cnc(Oc5ccnc(CC(C)=O)c5)nc4n3C)cc2C)CC1. The van der Waals surface area contributed by atoms with E-state index in [0.29, 0.717) is 28.6 Å². The molecule has 10 heteroatoms. The smallest absolute Gasteiger partial charge is 0.324 e. The van der Waals surface area contributed by atoms with Gasteiger partial charge in [-0.3, -0.25) is 19.2 Å². The van der Waals surface area contributed by atoms with Crippen molar-refractivity contribution < 1.29 is 9.53 Å². The molecular weight excluding hydrogens is 480 g/mol. The molecule has 1 aliphatic rings. The summed E-state index contributed by atoms with van der Waals surface area (Å²) in [5.41, 5.74) is 5.52. The molecule has 0 atom stereocenters. The minimum absolute atomic E-state index is 0.0394. The van der Waals surface area contributed by atoms with Gasteiger partial charge in [0.25, 0.3) is 0 Å². The Balaban J connectivity index is 1.28. The van der Waals surface area contributed by atoms with E-state index in [-0.39, 0.29) is 18.2 Å². The van der Waals surface area contributed by atoms with Crippen LogP contribution in [0.4, 0.5) is 11.6 Å². The molecule has 0 aliphatic carbocycles. The minimum Gasteiger partial charge on any atom is -0.424 e. The van der Waals surface area contributed by atoms with E-state index in [4.69, 9.17) is 4.74 Å². The van der Waals surface area contributed by atoms with E-state index in [1.807, 2.05) is 11.6 Å². The summed E-state index contributed by atoms with van der Waals surface area (Å²) in [6.45, 7) is 12.5. The maximum atomic E-state index is 11.4. The first-order valence-corrected chi connectivity index (χ1v) is 13.0. The molecule has 5 rings (SSSR count). The van der Waals surface area contributed by atoms with Gasteiger partial charge in [0.15, 0.2) is 5.65 Å². The molecule has 0 spiro atoms. The standard InChI is InChI=1S/C28H34N8O2/c1-5-35-10-12-36(13-11-35)18-21-6-7-22(14-19(21)2)31-27-32-25-17-30-28(33-26(25)34(27)4)38-24-8-9-29-23(16-24)15-20(3)37/h6-9,14,16-17H,5,10-13,15,18H2,1-4H3,(H,31,32). The van der Waals surface area contributed by atoms with Crippen LogP contribution in [0.3, 0.4) is 0 Å². The lowest BCUT2D eigenvalue weighted by atomic mass is 10.1. The van der Waals surface area contributed by atoms with Crippen LogP contribution in [-0.4, -0.2) is 72.8 Å². The summed E-state index contributed by atoms with van der Waals surface area (Å²) in [5, 5.41) is 3.42. The average molecular weight is 515 g/mol. The van der Waals surface area contributed by atoms with E-state index < -0.39 is 0 Å². The Morgan fingerprint density at radius 2 is 1.84 bits per heavy atom. The van der Waals surface area contributed by atoms with Gasteiger partial charge in [-0.2, -0.15) is 4.98 Å². The highest BCUT2D eigenvalue weighted by molar-refractivity contribution is 5.78. The van der Waals surface area contributed by atoms with Crippen LogP contribution in [0.15, 0.2) is 42.7 Å². The molecule has 10 nitrogen and oxygen atoms in total. The van der Waals surface area contributed by atoms with E-state index in [1.165, 1.54) is 18.1 Å². The summed E-state index contributed by atoms with van der Waals surface area (Å²) in [7, 11) is 1.91. The van der Waals surface area contributed by atoms with E-state index >= 15 is 0 Å². The van der Waals surface area contributed by atoms with Gasteiger partial charge in [-0.05, 0) is 49.7 Å². The van der Waals surface area contributed by atoms with Gasteiger partial charge < -0.3 is 15.0 Å². The number of piperazine rings is 1. The number of nitrogens with one attached hydrogen (secondary N) is 1. The average Bonchev–Trinajstić information content (AvgIpc) is 3.20. The molecule has 198 valence electrons. The number of aromatic nitrogens is 5. The van der Waals surface area contributed by atoms with Crippen molar-refractivity contribution in [3.63, 3.8) is 0 Å². The fourth-order valence-electron chi connectivity index (χ4n) is 4.69. The van der Waals surface area contributed by atoms with Crippen molar-refractivity contribution in [2.75, 3.05) is 38.0 Å². The zero-order chi connectivity index (χ0) is 26.6. The molecule has 38 heavy (non-hydrogen) atoms. The monoisotopic (exact) mass is 514 g/mol. The maximum Gasteiger partial charge on any atom is 0.324 e. The number of aryl methyl sites for hydroxylation is 2. The van der Waals surface area contributed by atoms with Gasteiger partial charge in [0.2, 0.25) is 5.95 Å². The molecule has 4 aromatic rings. The van der Waals surface area contributed by atoms with Crippen LogP contribution < -0.4 is 10.1 Å². The number of likely N-dealkylation sites (N-methyl/N-ethyl adjacent to an activating group) is 1. The first kappa shape index (κ1) is 25.7. The maximum absolute atomic E-state index is 11.4. The zero-order valence-electron chi connectivity index (χ0n) is 22.4. The Morgan fingerprint density at radius 1 is 1.05 bits per heavy atom.